The first-order chi connectivity index (χ1) is 23.2. The SMILES string of the molecule is Clc1nc(-c2cccc(-c3ccc4cc(-c5ccccc5)ccc4c3)c2)nc(-c2cc(-c3ccccc3)cc(-c3ccccc3)c2)n1. The maximum atomic E-state index is 6.58. The van der Waals surface area contributed by atoms with Crippen LogP contribution in [0.1, 0.15) is 0 Å². The minimum atomic E-state index is 0.154. The molecule has 1 aromatic heterocycles. The molecule has 0 saturated heterocycles. The van der Waals surface area contributed by atoms with Crippen molar-refractivity contribution in [1.82, 2.24) is 15.0 Å². The van der Waals surface area contributed by atoms with Crippen LogP contribution < -0.4 is 0 Å². The maximum absolute atomic E-state index is 6.58. The Morgan fingerprint density at radius 2 is 0.660 bits per heavy atom. The monoisotopic (exact) mass is 621 g/mol. The van der Waals surface area contributed by atoms with E-state index in [1.54, 1.807) is 0 Å². The summed E-state index contributed by atoms with van der Waals surface area (Å²) in [4.78, 5) is 14.1. The maximum Gasteiger partial charge on any atom is 0.226 e. The molecule has 0 aliphatic heterocycles. The van der Waals surface area contributed by atoms with Crippen LogP contribution in [0.2, 0.25) is 5.28 Å². The van der Waals surface area contributed by atoms with Gasteiger partial charge in [0.05, 0.1) is 0 Å². The topological polar surface area (TPSA) is 38.7 Å². The van der Waals surface area contributed by atoms with Crippen molar-refractivity contribution in [3.05, 3.63) is 175 Å². The molecule has 1 heterocycles. The van der Waals surface area contributed by atoms with Gasteiger partial charge in [-0.2, -0.15) is 9.97 Å². The Morgan fingerprint density at radius 1 is 0.277 bits per heavy atom. The molecule has 0 spiro atoms. The third-order valence-electron chi connectivity index (χ3n) is 8.42. The van der Waals surface area contributed by atoms with Crippen LogP contribution in [0.5, 0.6) is 0 Å². The smallest absolute Gasteiger partial charge is 0.208 e. The Labute approximate surface area is 278 Å². The molecule has 0 bridgehead atoms. The van der Waals surface area contributed by atoms with Crippen LogP contribution >= 0.6 is 11.6 Å². The van der Waals surface area contributed by atoms with Crippen LogP contribution in [0.25, 0.3) is 78.1 Å². The molecule has 222 valence electrons. The van der Waals surface area contributed by atoms with Crippen LogP contribution in [0.15, 0.2) is 170 Å². The molecule has 0 aliphatic carbocycles. The molecule has 4 heteroatoms. The number of benzene rings is 7. The molecule has 0 unspecified atom stereocenters. The largest absolute Gasteiger partial charge is 0.226 e. The average Bonchev–Trinajstić information content (AvgIpc) is 3.15. The fraction of sp³-hybridized carbons (Fsp3) is 0. The highest BCUT2D eigenvalue weighted by Gasteiger charge is 2.14. The molecule has 3 nitrogen and oxygen atoms in total. The predicted octanol–water partition coefficient (Wildman–Crippen LogP) is 11.7. The van der Waals surface area contributed by atoms with Crippen molar-refractivity contribution >= 4 is 22.4 Å². The number of hydrogen-bond donors (Lipinski definition) is 0. The van der Waals surface area contributed by atoms with Gasteiger partial charge in [0.15, 0.2) is 11.6 Å². The van der Waals surface area contributed by atoms with E-state index in [4.69, 9.17) is 16.6 Å². The Morgan fingerprint density at radius 3 is 1.21 bits per heavy atom. The van der Waals surface area contributed by atoms with Gasteiger partial charge in [-0.25, -0.2) is 4.98 Å². The zero-order chi connectivity index (χ0) is 31.6. The standard InChI is InChI=1S/C43H28ClN3/c44-43-46-41(45-42(47-43)40-27-38(30-13-6-2-7-14-30)26-39(28-40)31-15-8-3-9-16-31)37-18-10-17-32(25-37)34-21-22-35-23-33(19-20-36(35)24-34)29-11-4-1-5-12-29/h1-28H. The molecule has 0 aliphatic rings. The third kappa shape index (κ3) is 6.05. The van der Waals surface area contributed by atoms with E-state index in [0.29, 0.717) is 11.6 Å². The summed E-state index contributed by atoms with van der Waals surface area (Å²) in [7, 11) is 0. The second-order valence-electron chi connectivity index (χ2n) is 11.5. The minimum Gasteiger partial charge on any atom is -0.208 e. The van der Waals surface area contributed by atoms with E-state index in [1.807, 2.05) is 54.6 Å². The summed E-state index contributed by atoms with van der Waals surface area (Å²) in [6, 6.07) is 59.1. The van der Waals surface area contributed by atoms with Crippen LogP contribution in [0.4, 0.5) is 0 Å². The number of halogens is 1. The Hall–Kier alpha value is -5.90. The zero-order valence-corrected chi connectivity index (χ0v) is 26.1. The van der Waals surface area contributed by atoms with E-state index in [2.05, 4.69) is 125 Å². The number of hydrogen-bond acceptors (Lipinski definition) is 3. The molecule has 47 heavy (non-hydrogen) atoms. The Kier molecular flexibility index (Phi) is 7.58. The lowest BCUT2D eigenvalue weighted by atomic mass is 9.96. The summed E-state index contributed by atoms with van der Waals surface area (Å²) >= 11 is 6.58. The lowest BCUT2D eigenvalue weighted by Crippen LogP contribution is -1.98. The molecular weight excluding hydrogens is 594 g/mol. The molecule has 0 saturated carbocycles. The van der Waals surface area contributed by atoms with Gasteiger partial charge in [0.25, 0.3) is 0 Å². The van der Waals surface area contributed by atoms with Gasteiger partial charge in [-0.15, -0.1) is 0 Å². The molecule has 0 radical (unpaired) electrons. The fourth-order valence-corrected chi connectivity index (χ4v) is 6.19. The normalized spacial score (nSPS) is 11.1. The Balaban J connectivity index is 1.17. The van der Waals surface area contributed by atoms with Gasteiger partial charge in [-0.3, -0.25) is 0 Å². The molecular formula is C43H28ClN3. The second kappa shape index (κ2) is 12.5. The number of aromatic nitrogens is 3. The van der Waals surface area contributed by atoms with Crippen molar-refractivity contribution < 1.29 is 0 Å². The lowest BCUT2D eigenvalue weighted by Gasteiger charge is -2.12. The average molecular weight is 622 g/mol. The molecule has 0 fully saturated rings. The van der Waals surface area contributed by atoms with Crippen LogP contribution in [0, 0.1) is 0 Å². The van der Waals surface area contributed by atoms with E-state index < -0.39 is 0 Å². The van der Waals surface area contributed by atoms with Crippen LogP contribution in [-0.4, -0.2) is 15.0 Å². The fourth-order valence-electron chi connectivity index (χ4n) is 6.03. The summed E-state index contributed by atoms with van der Waals surface area (Å²) in [5, 5.41) is 2.54. The summed E-state index contributed by atoms with van der Waals surface area (Å²) in [6.45, 7) is 0. The van der Waals surface area contributed by atoms with Gasteiger partial charge in [0.2, 0.25) is 5.28 Å². The Bertz CT molecular complexity index is 2300. The first-order valence-electron chi connectivity index (χ1n) is 15.5. The number of rotatable bonds is 6. The third-order valence-corrected chi connectivity index (χ3v) is 8.58. The van der Waals surface area contributed by atoms with Crippen LogP contribution in [-0.2, 0) is 0 Å². The quantitative estimate of drug-likeness (QED) is 0.185. The van der Waals surface area contributed by atoms with Crippen molar-refractivity contribution in [3.63, 3.8) is 0 Å². The summed E-state index contributed by atoms with van der Waals surface area (Å²) in [6.07, 6.45) is 0. The number of nitrogens with zero attached hydrogens (tertiary/aromatic N) is 3. The highest BCUT2D eigenvalue weighted by molar-refractivity contribution is 6.28. The second-order valence-corrected chi connectivity index (χ2v) is 11.8. The summed E-state index contributed by atoms with van der Waals surface area (Å²) in [5.41, 5.74) is 10.7. The summed E-state index contributed by atoms with van der Waals surface area (Å²) in [5.74, 6) is 1.06. The van der Waals surface area contributed by atoms with Crippen LogP contribution in [0.3, 0.4) is 0 Å². The van der Waals surface area contributed by atoms with E-state index in [-0.39, 0.29) is 5.28 Å². The summed E-state index contributed by atoms with van der Waals surface area (Å²) < 4.78 is 0. The zero-order valence-electron chi connectivity index (χ0n) is 25.4. The first-order valence-corrected chi connectivity index (χ1v) is 15.9. The predicted molar refractivity (Wildman–Crippen MR) is 195 cm³/mol. The highest BCUT2D eigenvalue weighted by atomic mass is 35.5. The first kappa shape index (κ1) is 28.6. The van der Waals surface area contributed by atoms with E-state index in [0.717, 1.165) is 44.5 Å². The van der Waals surface area contributed by atoms with Gasteiger partial charge in [-0.05, 0) is 103 Å². The highest BCUT2D eigenvalue weighted by Crippen LogP contribution is 2.34. The van der Waals surface area contributed by atoms with E-state index >= 15 is 0 Å². The van der Waals surface area contributed by atoms with Crippen molar-refractivity contribution in [2.75, 3.05) is 0 Å². The van der Waals surface area contributed by atoms with Gasteiger partial charge >= 0.3 is 0 Å². The van der Waals surface area contributed by atoms with Crippen molar-refractivity contribution in [1.29, 1.82) is 0 Å². The van der Waals surface area contributed by atoms with Gasteiger partial charge in [0, 0.05) is 11.1 Å². The van der Waals surface area contributed by atoms with E-state index in [1.165, 1.54) is 21.9 Å². The van der Waals surface area contributed by atoms with Crippen molar-refractivity contribution in [2.45, 2.75) is 0 Å². The molecule has 0 amide bonds. The van der Waals surface area contributed by atoms with Gasteiger partial charge in [0.1, 0.15) is 0 Å². The van der Waals surface area contributed by atoms with E-state index in [9.17, 15) is 0 Å². The molecule has 7 aromatic carbocycles. The molecule has 8 rings (SSSR count). The van der Waals surface area contributed by atoms with Gasteiger partial charge < -0.3 is 0 Å². The molecule has 0 N–H and O–H groups in total. The van der Waals surface area contributed by atoms with Gasteiger partial charge in [-0.1, -0.05) is 133 Å². The molecule has 0 atom stereocenters. The molecule has 8 aromatic rings. The lowest BCUT2D eigenvalue weighted by molar-refractivity contribution is 1.07. The van der Waals surface area contributed by atoms with Crippen molar-refractivity contribution in [3.8, 4) is 67.3 Å². The number of fused-ring (bicyclic) bond motifs is 1. The minimum absolute atomic E-state index is 0.154. The van der Waals surface area contributed by atoms with Crippen molar-refractivity contribution in [2.24, 2.45) is 0 Å².